The van der Waals surface area contributed by atoms with E-state index in [1.54, 1.807) is 66.7 Å². The number of anilines is 1. The molecule has 0 atom stereocenters. The van der Waals surface area contributed by atoms with E-state index in [4.69, 9.17) is 11.6 Å². The van der Waals surface area contributed by atoms with Crippen LogP contribution in [-0.4, -0.2) is 23.1 Å². The third-order valence-electron chi connectivity index (χ3n) is 3.83. The number of nitrogens with zero attached hydrogens (tertiary/aromatic N) is 1. The quantitative estimate of drug-likeness (QED) is 0.451. The molecule has 7 heteroatoms. The molecule has 0 aliphatic heterocycles. The predicted molar refractivity (Wildman–Crippen MR) is 109 cm³/mol. The number of hydrogen-bond donors (Lipinski definition) is 3. The summed E-state index contributed by atoms with van der Waals surface area (Å²) in [5.41, 5.74) is 3.86. The number of hydrogen-bond acceptors (Lipinski definition) is 4. The van der Waals surface area contributed by atoms with Gasteiger partial charge in [0.2, 0.25) is 0 Å². The molecule has 3 aromatic carbocycles. The van der Waals surface area contributed by atoms with Crippen LogP contribution in [0.4, 0.5) is 5.69 Å². The maximum absolute atomic E-state index is 12.4. The lowest BCUT2D eigenvalue weighted by Gasteiger charge is -2.10. The Labute approximate surface area is 166 Å². The maximum atomic E-state index is 12.4. The number of carbonyl (C=O) groups is 2. The number of rotatable bonds is 5. The summed E-state index contributed by atoms with van der Waals surface area (Å²) in [4.78, 5) is 24.8. The molecule has 0 unspecified atom stereocenters. The Kier molecular flexibility index (Phi) is 6.04. The second-order valence-electron chi connectivity index (χ2n) is 5.76. The van der Waals surface area contributed by atoms with Crippen LogP contribution in [0.3, 0.4) is 0 Å². The smallest absolute Gasteiger partial charge is 0.273 e. The van der Waals surface area contributed by atoms with Gasteiger partial charge in [-0.2, -0.15) is 5.10 Å². The molecule has 0 aliphatic carbocycles. The molecule has 140 valence electrons. The number of amides is 2. The Morgan fingerprint density at radius 2 is 1.57 bits per heavy atom. The maximum Gasteiger partial charge on any atom is 0.273 e. The van der Waals surface area contributed by atoms with Gasteiger partial charge in [-0.25, -0.2) is 5.43 Å². The molecule has 0 radical (unpaired) electrons. The summed E-state index contributed by atoms with van der Waals surface area (Å²) in [5, 5.41) is 16.8. The van der Waals surface area contributed by atoms with Crippen molar-refractivity contribution in [3.8, 4) is 5.75 Å². The van der Waals surface area contributed by atoms with Crippen molar-refractivity contribution in [1.29, 1.82) is 0 Å². The van der Waals surface area contributed by atoms with Gasteiger partial charge in [0.25, 0.3) is 11.8 Å². The normalized spacial score (nSPS) is 10.6. The van der Waals surface area contributed by atoms with Crippen molar-refractivity contribution in [3.63, 3.8) is 0 Å². The highest BCUT2D eigenvalue weighted by molar-refractivity contribution is 6.30. The minimum Gasteiger partial charge on any atom is -0.507 e. The largest absolute Gasteiger partial charge is 0.507 e. The molecule has 0 bridgehead atoms. The molecular weight excluding hydrogens is 378 g/mol. The topological polar surface area (TPSA) is 90.8 Å². The highest BCUT2D eigenvalue weighted by atomic mass is 35.5. The number of para-hydroxylation sites is 2. The van der Waals surface area contributed by atoms with E-state index < -0.39 is 5.91 Å². The van der Waals surface area contributed by atoms with Crippen LogP contribution in [-0.2, 0) is 0 Å². The Bertz CT molecular complexity index is 1030. The number of halogens is 1. The fraction of sp³-hybridized carbons (Fsp3) is 0. The molecule has 0 fully saturated rings. The fourth-order valence-electron chi connectivity index (χ4n) is 2.40. The van der Waals surface area contributed by atoms with Gasteiger partial charge in [-0.3, -0.25) is 9.59 Å². The van der Waals surface area contributed by atoms with Gasteiger partial charge in [0.05, 0.1) is 17.5 Å². The zero-order chi connectivity index (χ0) is 19.9. The Morgan fingerprint density at radius 3 is 2.32 bits per heavy atom. The van der Waals surface area contributed by atoms with Crippen molar-refractivity contribution in [2.45, 2.75) is 0 Å². The van der Waals surface area contributed by atoms with Crippen molar-refractivity contribution < 1.29 is 14.7 Å². The van der Waals surface area contributed by atoms with E-state index >= 15 is 0 Å². The number of phenolic OH excluding ortho intramolecular Hbond substituents is 1. The first-order chi connectivity index (χ1) is 13.5. The van der Waals surface area contributed by atoms with Crippen LogP contribution >= 0.6 is 11.6 Å². The first kappa shape index (κ1) is 19.1. The summed E-state index contributed by atoms with van der Waals surface area (Å²) in [6.45, 7) is 0. The van der Waals surface area contributed by atoms with Gasteiger partial charge in [0.1, 0.15) is 5.75 Å². The zero-order valence-corrected chi connectivity index (χ0v) is 15.4. The van der Waals surface area contributed by atoms with Crippen LogP contribution in [0.15, 0.2) is 77.9 Å². The number of aromatic hydroxyl groups is 1. The molecule has 0 heterocycles. The molecule has 3 aromatic rings. The molecular formula is C21H16ClN3O3. The van der Waals surface area contributed by atoms with E-state index in [1.807, 2.05) is 0 Å². The fourth-order valence-corrected chi connectivity index (χ4v) is 2.53. The highest BCUT2D eigenvalue weighted by Gasteiger charge is 2.13. The average molecular weight is 394 g/mol. The van der Waals surface area contributed by atoms with Crippen LogP contribution in [0.25, 0.3) is 0 Å². The Balaban J connectivity index is 1.72. The van der Waals surface area contributed by atoms with Crippen LogP contribution in [0.5, 0.6) is 5.75 Å². The van der Waals surface area contributed by atoms with Crippen molar-refractivity contribution >= 4 is 35.3 Å². The standard InChI is InChI=1S/C21H16ClN3O3/c22-16-11-9-14(10-12-16)20(27)24-18-7-3-2-6-17(18)21(28)25-23-13-15-5-1-4-8-19(15)26/h1-13,26H,(H,24,27)(H,25,28)/b23-13+. The number of phenols is 1. The molecule has 0 aromatic heterocycles. The summed E-state index contributed by atoms with van der Waals surface area (Å²) >= 11 is 5.83. The zero-order valence-electron chi connectivity index (χ0n) is 14.6. The number of hydrazone groups is 1. The van der Waals surface area contributed by atoms with Crippen LogP contribution < -0.4 is 10.7 Å². The Hall–Kier alpha value is -3.64. The van der Waals surface area contributed by atoms with Crippen molar-refractivity contribution in [2.24, 2.45) is 5.10 Å². The minimum atomic E-state index is -0.501. The SMILES string of the molecule is O=C(Nc1ccccc1C(=O)N/N=C/c1ccccc1O)c1ccc(Cl)cc1. The predicted octanol–water partition coefficient (Wildman–Crippen LogP) is 4.06. The highest BCUT2D eigenvalue weighted by Crippen LogP contribution is 2.17. The van der Waals surface area contributed by atoms with E-state index in [2.05, 4.69) is 15.8 Å². The third-order valence-corrected chi connectivity index (χ3v) is 4.08. The molecule has 0 aliphatic rings. The van der Waals surface area contributed by atoms with Gasteiger partial charge in [0, 0.05) is 16.1 Å². The van der Waals surface area contributed by atoms with Gasteiger partial charge < -0.3 is 10.4 Å². The molecule has 0 spiro atoms. The third kappa shape index (κ3) is 4.75. The van der Waals surface area contributed by atoms with E-state index in [-0.39, 0.29) is 17.2 Å². The second kappa shape index (κ2) is 8.83. The summed E-state index contributed by atoms with van der Waals surface area (Å²) in [6.07, 6.45) is 1.34. The number of carbonyl (C=O) groups excluding carboxylic acids is 2. The van der Waals surface area contributed by atoms with Gasteiger partial charge in [-0.15, -0.1) is 0 Å². The Morgan fingerprint density at radius 1 is 0.893 bits per heavy atom. The molecule has 0 saturated heterocycles. The summed E-state index contributed by atoms with van der Waals surface area (Å²) < 4.78 is 0. The van der Waals surface area contributed by atoms with E-state index in [1.165, 1.54) is 12.3 Å². The second-order valence-corrected chi connectivity index (χ2v) is 6.20. The number of benzene rings is 3. The lowest BCUT2D eigenvalue weighted by atomic mass is 10.1. The van der Waals surface area contributed by atoms with Crippen LogP contribution in [0.2, 0.25) is 5.02 Å². The number of nitrogens with one attached hydrogen (secondary N) is 2. The first-order valence-electron chi connectivity index (χ1n) is 8.32. The minimum absolute atomic E-state index is 0.0520. The van der Waals surface area contributed by atoms with Gasteiger partial charge in [0.15, 0.2) is 0 Å². The molecule has 28 heavy (non-hydrogen) atoms. The van der Waals surface area contributed by atoms with Gasteiger partial charge in [-0.05, 0) is 48.5 Å². The molecule has 6 nitrogen and oxygen atoms in total. The lowest BCUT2D eigenvalue weighted by Crippen LogP contribution is -2.21. The first-order valence-corrected chi connectivity index (χ1v) is 8.70. The summed E-state index contributed by atoms with van der Waals surface area (Å²) in [7, 11) is 0. The molecule has 0 saturated carbocycles. The molecule has 3 rings (SSSR count). The average Bonchev–Trinajstić information content (AvgIpc) is 2.70. The van der Waals surface area contributed by atoms with E-state index in [0.29, 0.717) is 21.8 Å². The lowest BCUT2D eigenvalue weighted by molar-refractivity contribution is 0.0956. The van der Waals surface area contributed by atoms with Gasteiger partial charge in [-0.1, -0.05) is 35.9 Å². The van der Waals surface area contributed by atoms with E-state index in [9.17, 15) is 14.7 Å². The molecule has 3 N–H and O–H groups in total. The summed E-state index contributed by atoms with van der Waals surface area (Å²) in [6, 6.07) is 19.6. The van der Waals surface area contributed by atoms with E-state index in [0.717, 1.165) is 0 Å². The monoisotopic (exact) mass is 393 g/mol. The van der Waals surface area contributed by atoms with Crippen molar-refractivity contribution in [3.05, 3.63) is 94.5 Å². The molecule has 2 amide bonds. The summed E-state index contributed by atoms with van der Waals surface area (Å²) in [5.74, 6) is -0.815. The van der Waals surface area contributed by atoms with Crippen molar-refractivity contribution in [2.75, 3.05) is 5.32 Å². The van der Waals surface area contributed by atoms with Crippen LogP contribution in [0.1, 0.15) is 26.3 Å². The van der Waals surface area contributed by atoms with Crippen molar-refractivity contribution in [1.82, 2.24) is 5.43 Å². The van der Waals surface area contributed by atoms with Crippen LogP contribution in [0, 0.1) is 0 Å². The van der Waals surface area contributed by atoms with Gasteiger partial charge >= 0.3 is 0 Å².